The number of benzene rings is 2. The second-order valence-electron chi connectivity index (χ2n) is 4.62. The molecule has 5 heteroatoms. The number of carbonyl (C=O) groups is 1. The van der Waals surface area contributed by atoms with Crippen molar-refractivity contribution in [3.63, 3.8) is 0 Å². The van der Waals surface area contributed by atoms with Crippen molar-refractivity contribution in [3.05, 3.63) is 63.6 Å². The summed E-state index contributed by atoms with van der Waals surface area (Å²) in [4.78, 5) is 11.7. The van der Waals surface area contributed by atoms with Crippen molar-refractivity contribution < 1.29 is 9.53 Å². The van der Waals surface area contributed by atoms with E-state index in [1.165, 1.54) is 0 Å². The lowest BCUT2D eigenvalue weighted by atomic mass is 10.2. The molecule has 2 rings (SSSR count). The molecule has 2 aromatic carbocycles. The summed E-state index contributed by atoms with van der Waals surface area (Å²) < 4.78 is 5.42. The number of amides is 1. The van der Waals surface area contributed by atoms with Gasteiger partial charge < -0.3 is 10.1 Å². The predicted molar refractivity (Wildman–Crippen MR) is 85.0 cm³/mol. The van der Waals surface area contributed by atoms with E-state index in [1.807, 2.05) is 31.2 Å². The third-order valence-corrected chi connectivity index (χ3v) is 3.44. The zero-order valence-electron chi connectivity index (χ0n) is 11.5. The number of carbonyl (C=O) groups excluding carboxylic acids is 1. The number of nitrogens with one attached hydrogen (secondary N) is 1. The van der Waals surface area contributed by atoms with Gasteiger partial charge in [0.2, 0.25) is 0 Å². The van der Waals surface area contributed by atoms with Crippen LogP contribution in [0.4, 0.5) is 0 Å². The highest BCUT2D eigenvalue weighted by Gasteiger charge is 2.05. The highest BCUT2D eigenvalue weighted by molar-refractivity contribution is 6.35. The molecule has 0 radical (unpaired) electrons. The van der Waals surface area contributed by atoms with Gasteiger partial charge in [0.25, 0.3) is 5.91 Å². The zero-order chi connectivity index (χ0) is 15.2. The van der Waals surface area contributed by atoms with E-state index in [1.54, 1.807) is 18.2 Å². The fraction of sp³-hybridized carbons (Fsp3) is 0.188. The van der Waals surface area contributed by atoms with Crippen LogP contribution in [0.15, 0.2) is 42.5 Å². The van der Waals surface area contributed by atoms with Gasteiger partial charge in [-0.15, -0.1) is 0 Å². The largest absolute Gasteiger partial charge is 0.484 e. The van der Waals surface area contributed by atoms with E-state index in [0.717, 1.165) is 11.1 Å². The average Bonchev–Trinajstić information content (AvgIpc) is 2.44. The molecule has 0 heterocycles. The maximum Gasteiger partial charge on any atom is 0.258 e. The third-order valence-electron chi connectivity index (χ3n) is 2.85. The van der Waals surface area contributed by atoms with Crippen LogP contribution >= 0.6 is 23.2 Å². The molecule has 1 amide bonds. The Morgan fingerprint density at radius 1 is 1.19 bits per heavy atom. The molecular formula is C16H15Cl2NO2. The van der Waals surface area contributed by atoms with Gasteiger partial charge in [-0.2, -0.15) is 0 Å². The van der Waals surface area contributed by atoms with Crippen LogP contribution < -0.4 is 10.1 Å². The van der Waals surface area contributed by atoms with Gasteiger partial charge in [-0.25, -0.2) is 0 Å². The van der Waals surface area contributed by atoms with Crippen LogP contribution in [0.5, 0.6) is 5.75 Å². The molecule has 0 bridgehead atoms. The second-order valence-corrected chi connectivity index (χ2v) is 5.46. The van der Waals surface area contributed by atoms with Crippen molar-refractivity contribution in [1.29, 1.82) is 0 Å². The second kappa shape index (κ2) is 7.34. The summed E-state index contributed by atoms with van der Waals surface area (Å²) in [6.45, 7) is 2.27. The van der Waals surface area contributed by atoms with E-state index in [9.17, 15) is 4.79 Å². The fourth-order valence-electron chi connectivity index (χ4n) is 1.76. The van der Waals surface area contributed by atoms with Crippen LogP contribution in [0.1, 0.15) is 11.1 Å². The van der Waals surface area contributed by atoms with Crippen LogP contribution in [-0.2, 0) is 11.3 Å². The maximum absolute atomic E-state index is 11.7. The molecule has 1 N–H and O–H groups in total. The van der Waals surface area contributed by atoms with Crippen molar-refractivity contribution in [2.75, 3.05) is 6.61 Å². The van der Waals surface area contributed by atoms with Crippen molar-refractivity contribution in [2.24, 2.45) is 0 Å². The quantitative estimate of drug-likeness (QED) is 0.903. The lowest BCUT2D eigenvalue weighted by molar-refractivity contribution is -0.123. The summed E-state index contributed by atoms with van der Waals surface area (Å²) in [7, 11) is 0. The summed E-state index contributed by atoms with van der Waals surface area (Å²) in [5, 5.41) is 3.85. The molecule has 0 atom stereocenters. The minimum absolute atomic E-state index is 0.0331. The van der Waals surface area contributed by atoms with Crippen molar-refractivity contribution in [3.8, 4) is 5.75 Å². The number of hydrogen-bond acceptors (Lipinski definition) is 2. The summed E-state index contributed by atoms with van der Waals surface area (Å²) in [6.07, 6.45) is 0. The molecule has 3 nitrogen and oxygen atoms in total. The Labute approximate surface area is 133 Å². The summed E-state index contributed by atoms with van der Waals surface area (Å²) in [5.74, 6) is 0.470. The smallest absolute Gasteiger partial charge is 0.258 e. The molecule has 110 valence electrons. The van der Waals surface area contributed by atoms with Crippen molar-refractivity contribution in [1.82, 2.24) is 5.32 Å². The van der Waals surface area contributed by atoms with Gasteiger partial charge in [0, 0.05) is 16.6 Å². The van der Waals surface area contributed by atoms with E-state index in [2.05, 4.69) is 5.32 Å². The Kier molecular flexibility index (Phi) is 5.48. The normalized spacial score (nSPS) is 10.2. The van der Waals surface area contributed by atoms with Gasteiger partial charge in [-0.3, -0.25) is 4.79 Å². The summed E-state index contributed by atoms with van der Waals surface area (Å²) in [5.41, 5.74) is 1.89. The molecule has 21 heavy (non-hydrogen) atoms. The van der Waals surface area contributed by atoms with E-state index < -0.39 is 0 Å². The maximum atomic E-state index is 11.7. The van der Waals surface area contributed by atoms with Gasteiger partial charge in [0.1, 0.15) is 5.75 Å². The van der Waals surface area contributed by atoms with Gasteiger partial charge in [0.05, 0.1) is 0 Å². The molecule has 0 aliphatic carbocycles. The predicted octanol–water partition coefficient (Wildman–Crippen LogP) is 4.00. The first-order valence-electron chi connectivity index (χ1n) is 6.44. The minimum atomic E-state index is -0.206. The average molecular weight is 324 g/mol. The van der Waals surface area contributed by atoms with Crippen molar-refractivity contribution in [2.45, 2.75) is 13.5 Å². The molecule has 0 aliphatic rings. The lowest BCUT2D eigenvalue weighted by Crippen LogP contribution is -2.28. The Balaban J connectivity index is 1.82. The molecular weight excluding hydrogens is 309 g/mol. The number of rotatable bonds is 5. The Morgan fingerprint density at radius 2 is 2.00 bits per heavy atom. The van der Waals surface area contributed by atoms with E-state index in [-0.39, 0.29) is 12.5 Å². The Hall–Kier alpha value is -1.71. The number of ether oxygens (including phenoxy) is 1. The van der Waals surface area contributed by atoms with Gasteiger partial charge >= 0.3 is 0 Å². The number of aryl methyl sites for hydroxylation is 1. The molecule has 0 saturated carbocycles. The van der Waals surface area contributed by atoms with Crippen molar-refractivity contribution >= 4 is 29.1 Å². The number of hydrogen-bond donors (Lipinski definition) is 1. The SMILES string of the molecule is Cc1cccc(OCC(=O)NCc2ccc(Cl)cc2Cl)c1. The molecule has 0 unspecified atom stereocenters. The Morgan fingerprint density at radius 3 is 2.71 bits per heavy atom. The molecule has 0 aromatic heterocycles. The van der Waals surface area contributed by atoms with Crippen LogP contribution in [0, 0.1) is 6.92 Å². The summed E-state index contributed by atoms with van der Waals surface area (Å²) >= 11 is 11.9. The summed E-state index contributed by atoms with van der Waals surface area (Å²) in [6, 6.07) is 12.7. The first-order chi connectivity index (χ1) is 10.0. The molecule has 0 aliphatic heterocycles. The van der Waals surface area contributed by atoms with Gasteiger partial charge in [0.15, 0.2) is 6.61 Å². The molecule has 2 aromatic rings. The van der Waals surface area contributed by atoms with Crippen LogP contribution in [0.3, 0.4) is 0 Å². The fourth-order valence-corrected chi connectivity index (χ4v) is 2.24. The van der Waals surface area contributed by atoms with Crippen LogP contribution in [-0.4, -0.2) is 12.5 Å². The highest BCUT2D eigenvalue weighted by Crippen LogP contribution is 2.20. The topological polar surface area (TPSA) is 38.3 Å². The molecule has 0 fully saturated rings. The minimum Gasteiger partial charge on any atom is -0.484 e. The van der Waals surface area contributed by atoms with Crippen LogP contribution in [0.2, 0.25) is 10.0 Å². The monoisotopic (exact) mass is 323 g/mol. The van der Waals surface area contributed by atoms with E-state index >= 15 is 0 Å². The Bertz CT molecular complexity index is 644. The molecule has 0 saturated heterocycles. The third kappa shape index (κ3) is 4.96. The van der Waals surface area contributed by atoms with Gasteiger partial charge in [-0.05, 0) is 42.3 Å². The van der Waals surface area contributed by atoms with E-state index in [4.69, 9.17) is 27.9 Å². The first-order valence-corrected chi connectivity index (χ1v) is 7.20. The lowest BCUT2D eigenvalue weighted by Gasteiger charge is -2.09. The zero-order valence-corrected chi connectivity index (χ0v) is 13.0. The van der Waals surface area contributed by atoms with E-state index in [0.29, 0.717) is 22.3 Å². The van der Waals surface area contributed by atoms with Gasteiger partial charge in [-0.1, -0.05) is 41.4 Å². The number of halogens is 2. The highest BCUT2D eigenvalue weighted by atomic mass is 35.5. The molecule has 0 spiro atoms. The van der Waals surface area contributed by atoms with Crippen LogP contribution in [0.25, 0.3) is 0 Å². The standard InChI is InChI=1S/C16H15Cl2NO2/c1-11-3-2-4-14(7-11)21-10-16(20)19-9-12-5-6-13(17)8-15(12)18/h2-8H,9-10H2,1H3,(H,19,20). The first kappa shape index (κ1) is 15.7.